The van der Waals surface area contributed by atoms with Crippen molar-refractivity contribution >= 4 is 64.3 Å². The molecule has 0 spiro atoms. The highest BCUT2D eigenvalue weighted by molar-refractivity contribution is 7.94. The Hall–Kier alpha value is -7.90. The minimum atomic E-state index is -4.04. The van der Waals surface area contributed by atoms with Crippen molar-refractivity contribution in [3.8, 4) is 17.2 Å². The summed E-state index contributed by atoms with van der Waals surface area (Å²) < 4.78 is 99.0. The minimum Gasteiger partial charge on any atom is -0.494 e. The number of aryl methyl sites for hydroxylation is 2. The molecule has 25 nitrogen and oxygen atoms in total. The summed E-state index contributed by atoms with van der Waals surface area (Å²) in [6, 6.07) is 45.6. The first-order valence-electron chi connectivity index (χ1n) is 39.4. The van der Waals surface area contributed by atoms with Crippen LogP contribution in [-0.4, -0.2) is 206 Å². The Bertz CT molecular complexity index is 4170. The van der Waals surface area contributed by atoms with E-state index in [1.165, 1.54) is 114 Å². The zero-order valence-electron chi connectivity index (χ0n) is 63.0. The predicted octanol–water partition coefficient (Wildman–Crippen LogP) is 9.48. The second kappa shape index (κ2) is 37.6. The Balaban J connectivity index is 0.000000154. The molecule has 0 radical (unpaired) electrons. The number of piperidine rings is 4. The molecule has 596 valence electrons. The van der Waals surface area contributed by atoms with E-state index in [2.05, 4.69) is 103 Å². The molecular formula is C82H109N9O16S3. The van der Waals surface area contributed by atoms with E-state index in [4.69, 9.17) is 24.2 Å². The number of piperazine rings is 1. The molecule has 2 aliphatic carbocycles. The highest BCUT2D eigenvalue weighted by atomic mass is 32.2. The molecule has 7 N–H and O–H groups in total. The van der Waals surface area contributed by atoms with Crippen LogP contribution in [0.1, 0.15) is 132 Å². The summed E-state index contributed by atoms with van der Waals surface area (Å²) in [6.07, 6.45) is 16.9. The normalized spacial score (nSPS) is 19.6. The van der Waals surface area contributed by atoms with Crippen LogP contribution in [0.15, 0.2) is 160 Å². The van der Waals surface area contributed by atoms with E-state index < -0.39 is 61.5 Å². The third-order valence-electron chi connectivity index (χ3n) is 23.2. The van der Waals surface area contributed by atoms with Gasteiger partial charge >= 0.3 is 0 Å². The van der Waals surface area contributed by atoms with Gasteiger partial charge in [0.15, 0.2) is 43.8 Å². The fourth-order valence-electron chi connectivity index (χ4n) is 16.2. The summed E-state index contributed by atoms with van der Waals surface area (Å²) in [5.74, 6) is -0.897. The lowest BCUT2D eigenvalue weighted by atomic mass is 9.94. The van der Waals surface area contributed by atoms with E-state index in [-0.39, 0.29) is 66.4 Å². The molecule has 8 fully saturated rings. The average molecular weight is 1570 g/mol. The molecule has 3 amide bonds. The highest BCUT2D eigenvalue weighted by Crippen LogP contribution is 2.43. The van der Waals surface area contributed by atoms with Crippen molar-refractivity contribution in [2.24, 2.45) is 0 Å². The van der Waals surface area contributed by atoms with Gasteiger partial charge in [-0.15, -0.1) is 0 Å². The number of hydrogen-bond donors (Lipinski definition) is 7. The number of ether oxygens (including phenoxy) is 4. The fraction of sp³-hybridized carbons (Fsp3) is 0.524. The van der Waals surface area contributed by atoms with Gasteiger partial charge < -0.3 is 48.8 Å². The molecule has 110 heavy (non-hydrogen) atoms. The lowest BCUT2D eigenvalue weighted by molar-refractivity contribution is -0.134. The quantitative estimate of drug-likeness (QED) is 0.0137. The van der Waals surface area contributed by atoms with Crippen molar-refractivity contribution in [3.63, 3.8) is 0 Å². The summed E-state index contributed by atoms with van der Waals surface area (Å²) in [6.45, 7) is 12.4. The zero-order valence-corrected chi connectivity index (χ0v) is 65.4. The number of nitrogens with one attached hydrogen (secondary N) is 4. The Labute approximate surface area is 648 Å². The van der Waals surface area contributed by atoms with Gasteiger partial charge in [0.25, 0.3) is 17.7 Å². The van der Waals surface area contributed by atoms with Gasteiger partial charge in [-0.2, -0.15) is 0 Å². The Kier molecular flexibility index (Phi) is 27.9. The number of likely N-dealkylation sites (tertiary alicyclic amines) is 2. The van der Waals surface area contributed by atoms with Crippen LogP contribution < -0.4 is 50.7 Å². The van der Waals surface area contributed by atoms with Crippen LogP contribution in [0, 0.1) is 0 Å². The third kappa shape index (κ3) is 19.4. The molecule has 0 unspecified atom stereocenters. The Morgan fingerprint density at radius 2 is 0.718 bits per heavy atom. The first-order chi connectivity index (χ1) is 53.3. The van der Waals surface area contributed by atoms with Crippen molar-refractivity contribution in [2.45, 2.75) is 176 Å². The van der Waals surface area contributed by atoms with Crippen LogP contribution >= 0.6 is 0 Å². The summed E-state index contributed by atoms with van der Waals surface area (Å²) in [7, 11) is -12.1. The standard InChI is InChI=1S/C29H39N3O5S.C28H38N4O5S.C25H32N2O6S/c33-28(30-34)29(15-19-32(20-16-29)24-9-10-24)38(35,36)27-13-11-26(12-14-27)37-21-5-7-23-6-4-8-25(22-23)31-17-2-1-3-18-31;33-27(30-34)28(12-16-31(17-13-28)23-6-7-23)38(35,36)26-10-8-25(9-11-26)37-20-2-4-22-3-1-5-24(21-22)32-18-14-29-15-19-32;28-24(26-29)25(12-17-32-18-13-25)34(30,31)23-9-7-22(8-10-23)33-16-11-20-5-4-6-21(19-20)27-14-2-1-3-15-27/h4,6,8,11-14,22,24,34H,1-3,5,7,9-10,15-21H2,(H,30,33);1,3,5,8-11,21,23,29,34H,2,4,6-7,12-20H2,(H,30,33);4-10,19,29H,1-3,11-18H2,(H,26,28). The van der Waals surface area contributed by atoms with Gasteiger partial charge in [-0.25, -0.2) is 41.7 Å². The number of hydroxylamine groups is 3. The van der Waals surface area contributed by atoms with Gasteiger partial charge in [0.05, 0.1) is 34.5 Å². The van der Waals surface area contributed by atoms with Crippen LogP contribution in [0.4, 0.5) is 17.1 Å². The first-order valence-corrected chi connectivity index (χ1v) is 43.8. The molecule has 6 saturated heterocycles. The number of carbonyl (C=O) groups is 3. The van der Waals surface area contributed by atoms with Gasteiger partial charge in [0.1, 0.15) is 17.2 Å². The molecule has 0 bridgehead atoms. The van der Waals surface area contributed by atoms with Crippen molar-refractivity contribution in [1.29, 1.82) is 0 Å². The second-order valence-electron chi connectivity index (χ2n) is 30.2. The van der Waals surface area contributed by atoms with Gasteiger partial charge in [-0.1, -0.05) is 36.4 Å². The maximum Gasteiger partial charge on any atom is 0.265 e. The highest BCUT2D eigenvalue weighted by Gasteiger charge is 2.56. The molecule has 8 aliphatic rings. The van der Waals surface area contributed by atoms with E-state index in [1.807, 2.05) is 0 Å². The molecule has 6 aliphatic heterocycles. The zero-order chi connectivity index (χ0) is 77.2. The average Bonchev–Trinajstić information content (AvgIpc) is 1.02. The molecule has 14 rings (SSSR count). The largest absolute Gasteiger partial charge is 0.494 e. The second-order valence-corrected chi connectivity index (χ2v) is 37.0. The van der Waals surface area contributed by atoms with Crippen LogP contribution in [-0.2, 0) is 67.9 Å². The number of sulfone groups is 3. The molecule has 0 atom stereocenters. The van der Waals surface area contributed by atoms with E-state index in [0.29, 0.717) is 75.3 Å². The predicted molar refractivity (Wildman–Crippen MR) is 420 cm³/mol. The molecule has 0 aromatic heterocycles. The molecule has 6 aromatic rings. The smallest absolute Gasteiger partial charge is 0.265 e. The first kappa shape index (κ1) is 81.6. The van der Waals surface area contributed by atoms with Crippen LogP contribution in [0.3, 0.4) is 0 Å². The van der Waals surface area contributed by atoms with Crippen molar-refractivity contribution in [3.05, 3.63) is 162 Å². The topological polar surface area (TPSA) is 316 Å². The van der Waals surface area contributed by atoms with Crippen LogP contribution in [0.25, 0.3) is 0 Å². The number of hydrogen-bond acceptors (Lipinski definition) is 22. The maximum atomic E-state index is 13.6. The SMILES string of the molecule is O=C(NO)C1(S(=O)(=O)c2ccc(OCCCc3cccc(N4CCCCC4)c3)cc2)CCN(C2CC2)CC1.O=C(NO)C1(S(=O)(=O)c2ccc(OCCCc3cccc(N4CCNCC4)c3)cc2)CCN(C2CC2)CC1.O=C(NO)C1(S(=O)(=O)c2ccc(OCCc3cccc(N4CCCCC4)c3)cc2)CCOCC1. The molecule has 28 heteroatoms. The van der Waals surface area contributed by atoms with Crippen LogP contribution in [0.5, 0.6) is 17.2 Å². The number of carbonyl (C=O) groups excluding carboxylic acids is 3. The summed E-state index contributed by atoms with van der Waals surface area (Å²) in [5, 5.41) is 31.3. The van der Waals surface area contributed by atoms with E-state index in [9.17, 15) is 50.1 Å². The lowest BCUT2D eigenvalue weighted by Gasteiger charge is -2.39. The fourth-order valence-corrected chi connectivity index (χ4v) is 22.1. The van der Waals surface area contributed by atoms with Crippen molar-refractivity contribution in [2.75, 3.05) is 126 Å². The number of rotatable bonds is 28. The summed E-state index contributed by atoms with van der Waals surface area (Å²) in [4.78, 5) is 49.7. The minimum absolute atomic E-state index is 0.0135. The Morgan fingerprint density at radius 3 is 1.05 bits per heavy atom. The van der Waals surface area contributed by atoms with Gasteiger partial charge in [-0.3, -0.25) is 30.0 Å². The van der Waals surface area contributed by atoms with Gasteiger partial charge in [0, 0.05) is 127 Å². The van der Waals surface area contributed by atoms with Crippen molar-refractivity contribution in [1.82, 2.24) is 31.6 Å². The van der Waals surface area contributed by atoms with Gasteiger partial charge in [-0.05, 0) is 254 Å². The van der Waals surface area contributed by atoms with E-state index in [0.717, 1.165) is 110 Å². The van der Waals surface area contributed by atoms with E-state index >= 15 is 0 Å². The monoisotopic (exact) mass is 1570 g/mol. The number of amides is 3. The van der Waals surface area contributed by atoms with Crippen LogP contribution in [0.2, 0.25) is 0 Å². The number of anilines is 3. The number of benzene rings is 6. The molecule has 6 aromatic carbocycles. The molecule has 6 heterocycles. The van der Waals surface area contributed by atoms with Crippen molar-refractivity contribution < 1.29 is 74.2 Å². The third-order valence-corrected chi connectivity index (χ3v) is 30.7. The van der Waals surface area contributed by atoms with Gasteiger partial charge in [0.2, 0.25) is 0 Å². The molecular weight excluding hydrogens is 1460 g/mol. The lowest BCUT2D eigenvalue weighted by Crippen LogP contribution is -2.58. The summed E-state index contributed by atoms with van der Waals surface area (Å²) >= 11 is 0. The Morgan fingerprint density at radius 1 is 0.400 bits per heavy atom. The van der Waals surface area contributed by atoms with E-state index in [1.54, 1.807) is 47.4 Å². The number of nitrogens with zero attached hydrogens (tertiary/aromatic N) is 5. The molecule has 2 saturated carbocycles. The maximum absolute atomic E-state index is 13.6. The summed E-state index contributed by atoms with van der Waals surface area (Å²) in [5.41, 5.74) is 12.3.